The lowest BCUT2D eigenvalue weighted by atomic mass is 10.2. The van der Waals surface area contributed by atoms with Crippen molar-refractivity contribution in [2.24, 2.45) is 21.8 Å². The van der Waals surface area contributed by atoms with Gasteiger partial charge in [0.25, 0.3) is 0 Å². The minimum absolute atomic E-state index is 0.330. The molecule has 0 saturated carbocycles. The standard InChI is InChI=1S/C9H16N2O.C9H16N2S.C9H16N2.2C8H15N3.C7H14N4.12C2H6/c2*1-7(2)9-10-5-6-12-11(9)8(3)4;1-7(2)9-10-5-6-11(9)8(3)4;1-6(2)8-10-9-5-11(8)7(3)4;1-6(2)8-9-5-10-11(8)7(3)4;1-5(2)7-8-9-10-11(7)6(3)4;12*1-2/h2*5-8H,1-4H3;5-8H,1-4H3;2*5-7H,1-4H3;5-6H,1-4H3;12*1-2H3. The average molecular weight is 1330 g/mol. The number of hydrogen-bond acceptors (Lipinski definition) is 14. The monoisotopic (exact) mass is 1330 g/mol. The maximum Gasteiger partial charge on any atom is 0.154 e. The number of nitrogens with zero attached hydrogens (tertiary/aromatic N) is 16. The summed E-state index contributed by atoms with van der Waals surface area (Å²) in [4.78, 5) is 22.5. The number of aromatic nitrogens is 12. The predicted molar refractivity (Wildman–Crippen MR) is 420 cm³/mol. The Hall–Kier alpha value is -4.87. The van der Waals surface area contributed by atoms with E-state index in [0.29, 0.717) is 71.8 Å². The van der Waals surface area contributed by atoms with Gasteiger partial charge in [0.15, 0.2) is 5.82 Å². The van der Waals surface area contributed by atoms with E-state index in [1.165, 1.54) is 11.7 Å². The van der Waals surface area contributed by atoms with E-state index in [-0.39, 0.29) is 0 Å². The molecule has 0 atom stereocenters. The predicted octanol–water partition coefficient (Wildman–Crippen LogP) is 25.3. The van der Waals surface area contributed by atoms with Crippen molar-refractivity contribution in [2.45, 2.75) is 392 Å². The Morgan fingerprint density at radius 1 is 0.370 bits per heavy atom. The lowest BCUT2D eigenvalue weighted by Crippen LogP contribution is -2.39. The summed E-state index contributed by atoms with van der Waals surface area (Å²) < 4.78 is 10.4. The van der Waals surface area contributed by atoms with Gasteiger partial charge in [-0.1, -0.05) is 249 Å². The third-order valence-corrected chi connectivity index (χ3v) is 11.0. The first kappa shape index (κ1) is 115. The normalized spacial score (nSPS) is 10.7. The maximum atomic E-state index is 5.34. The third-order valence-electron chi connectivity index (χ3n) is 9.88. The van der Waals surface area contributed by atoms with Gasteiger partial charge in [-0.2, -0.15) is 10.2 Å². The number of hydrogen-bond donors (Lipinski definition) is 0. The van der Waals surface area contributed by atoms with Crippen LogP contribution in [-0.4, -0.2) is 92.4 Å². The van der Waals surface area contributed by atoms with E-state index >= 15 is 0 Å². The van der Waals surface area contributed by atoms with Crippen molar-refractivity contribution in [3.05, 3.63) is 72.4 Å². The van der Waals surface area contributed by atoms with Crippen LogP contribution >= 0.6 is 11.9 Å². The van der Waals surface area contributed by atoms with E-state index in [4.69, 9.17) is 4.84 Å². The van der Waals surface area contributed by atoms with Crippen LogP contribution < -0.4 is 0 Å². The molecule has 0 saturated heterocycles. The van der Waals surface area contributed by atoms with Crippen LogP contribution in [-0.2, 0) is 4.84 Å². The van der Waals surface area contributed by atoms with Gasteiger partial charge in [0, 0.05) is 83.7 Å². The highest BCUT2D eigenvalue weighted by Crippen LogP contribution is 2.24. The number of rotatable bonds is 12. The van der Waals surface area contributed by atoms with Crippen LogP contribution in [0, 0.1) is 11.8 Å². The fourth-order valence-electron chi connectivity index (χ4n) is 6.49. The lowest BCUT2D eigenvalue weighted by molar-refractivity contribution is -0.0651. The first-order valence-corrected chi connectivity index (χ1v) is 37.6. The molecule has 6 rings (SSSR count). The number of tetrazole rings is 1. The summed E-state index contributed by atoms with van der Waals surface area (Å²) in [7, 11) is 0. The molecule has 92 heavy (non-hydrogen) atoms. The summed E-state index contributed by atoms with van der Waals surface area (Å²) in [6, 6.07) is 2.59. The summed E-state index contributed by atoms with van der Waals surface area (Å²) in [6.45, 7) is 99.1. The highest BCUT2D eigenvalue weighted by molar-refractivity contribution is 8.00. The fraction of sp³-hybridized carbons (Fsp3) is 0.811. The minimum Gasteiger partial charge on any atom is -0.384 e. The molecule has 0 radical (unpaired) electrons. The first-order chi connectivity index (χ1) is 43.8. The van der Waals surface area contributed by atoms with Crippen molar-refractivity contribution >= 4 is 23.6 Å². The Morgan fingerprint density at radius 3 is 1.05 bits per heavy atom. The fourth-order valence-corrected chi connectivity index (χ4v) is 7.35. The summed E-state index contributed by atoms with van der Waals surface area (Å²) in [6.07, 6.45) is 12.5. The minimum atomic E-state index is 0.330. The van der Waals surface area contributed by atoms with E-state index in [0.717, 1.165) is 23.3 Å². The molecule has 552 valence electrons. The van der Waals surface area contributed by atoms with E-state index < -0.39 is 0 Å². The molecule has 0 fully saturated rings. The highest BCUT2D eigenvalue weighted by atomic mass is 32.2. The molecule has 0 bridgehead atoms. The zero-order valence-corrected chi connectivity index (χ0v) is 71.3. The van der Waals surface area contributed by atoms with Crippen molar-refractivity contribution in [2.75, 3.05) is 0 Å². The van der Waals surface area contributed by atoms with Crippen LogP contribution in [0.2, 0.25) is 0 Å². The Kier molecular flexibility index (Phi) is 102. The largest absolute Gasteiger partial charge is 0.384 e. The quantitative estimate of drug-likeness (QED) is 0.124. The van der Waals surface area contributed by atoms with Crippen molar-refractivity contribution in [3.63, 3.8) is 0 Å². The summed E-state index contributed by atoms with van der Waals surface area (Å²) in [5.41, 5.74) is 0. The highest BCUT2D eigenvalue weighted by Gasteiger charge is 2.21. The zero-order valence-electron chi connectivity index (χ0n) is 70.5. The molecule has 18 heteroatoms. The van der Waals surface area contributed by atoms with Gasteiger partial charge < -0.3 is 14.0 Å². The lowest BCUT2D eigenvalue weighted by Gasteiger charge is -2.30. The molecular weight excluding hydrogens is 1160 g/mol. The maximum absolute atomic E-state index is 5.34. The van der Waals surface area contributed by atoms with Crippen molar-refractivity contribution in [1.29, 1.82) is 0 Å². The molecule has 0 N–H and O–H groups in total. The van der Waals surface area contributed by atoms with Gasteiger partial charge in [-0.3, -0.25) is 4.31 Å². The van der Waals surface area contributed by atoms with E-state index in [1.807, 2.05) is 205 Å². The van der Waals surface area contributed by atoms with Gasteiger partial charge in [0.05, 0.1) is 18.3 Å². The van der Waals surface area contributed by atoms with Crippen LogP contribution in [0.4, 0.5) is 0 Å². The van der Waals surface area contributed by atoms with E-state index in [1.54, 1.807) is 37.1 Å². The Morgan fingerprint density at radius 2 is 0.772 bits per heavy atom. The van der Waals surface area contributed by atoms with Crippen LogP contribution in [0.1, 0.15) is 403 Å². The van der Waals surface area contributed by atoms with Gasteiger partial charge in [0.2, 0.25) is 0 Å². The summed E-state index contributed by atoms with van der Waals surface area (Å²) in [5.74, 6) is 9.19. The Balaban J connectivity index is -0.0000000781. The zero-order chi connectivity index (χ0) is 76.0. The Labute approximate surface area is 580 Å². The molecule has 2 aliphatic rings. The van der Waals surface area contributed by atoms with Crippen LogP contribution in [0.15, 0.2) is 59.1 Å². The molecule has 0 aromatic carbocycles. The van der Waals surface area contributed by atoms with Crippen LogP contribution in [0.3, 0.4) is 0 Å². The molecular formula is C74H164N16OS. The van der Waals surface area contributed by atoms with Gasteiger partial charge in [0.1, 0.15) is 48.1 Å². The van der Waals surface area contributed by atoms with Gasteiger partial charge in [-0.15, -0.1) is 15.3 Å². The van der Waals surface area contributed by atoms with Gasteiger partial charge in [-0.25, -0.2) is 29.3 Å². The molecule has 0 spiro atoms. The first-order valence-electron chi connectivity index (χ1n) is 36.7. The third kappa shape index (κ3) is 54.5. The molecule has 0 aliphatic carbocycles. The topological polar surface area (TPSA) is 163 Å². The van der Waals surface area contributed by atoms with E-state index in [2.05, 4.69) is 230 Å². The molecule has 2 aliphatic heterocycles. The molecule has 4 aromatic heterocycles. The smallest absolute Gasteiger partial charge is 0.154 e. The number of amidine groups is 2. The van der Waals surface area contributed by atoms with Gasteiger partial charge >= 0.3 is 0 Å². The van der Waals surface area contributed by atoms with Crippen LogP contribution in [0.5, 0.6) is 0 Å². The summed E-state index contributed by atoms with van der Waals surface area (Å²) >= 11 is 1.73. The SMILES string of the molecule is CC.CC.CC.CC.CC.CC.CC.CC.CC.CC.CC.CC.CC(C)C1=NC=CON1C(C)C.CC(C)C1=NC=CSN1C(C)C.CC(C)c1nccn1C(C)C.CC(C)c1ncnn1C(C)C.CC(C)c1nncn1C(C)C.CC(C)c1nnnn1C(C)C. The van der Waals surface area contributed by atoms with Crippen LogP contribution in [0.25, 0.3) is 0 Å². The number of hydroxylamine groups is 2. The number of imidazole rings is 1. The second-order valence-electron chi connectivity index (χ2n) is 20.2. The van der Waals surface area contributed by atoms with Gasteiger partial charge in [-0.05, 0) is 105 Å². The second kappa shape index (κ2) is 82.2. The number of aliphatic imine (C=N–C) groups is 2. The van der Waals surface area contributed by atoms with Crippen molar-refractivity contribution < 1.29 is 4.84 Å². The van der Waals surface area contributed by atoms with Crippen molar-refractivity contribution in [1.82, 2.24) is 68.7 Å². The molecule has 0 unspecified atom stereocenters. The Bertz CT molecular complexity index is 1750. The average Bonchev–Trinajstić information content (AvgIpc) is 4.49. The van der Waals surface area contributed by atoms with E-state index in [9.17, 15) is 0 Å². The second-order valence-corrected chi connectivity index (χ2v) is 21.1. The summed E-state index contributed by atoms with van der Waals surface area (Å²) in [5, 5.41) is 27.4. The molecule has 6 heterocycles. The van der Waals surface area contributed by atoms with Crippen molar-refractivity contribution in [3.8, 4) is 0 Å². The molecule has 0 amide bonds. The molecule has 17 nitrogen and oxygen atoms in total. The molecule has 4 aromatic rings.